The molecule has 4 heteroatoms. The molecule has 0 aliphatic heterocycles. The highest BCUT2D eigenvalue weighted by Gasteiger charge is 2.32. The standard InChI is InChI=1S/C22H31NO3/c1-6-7-12-23-18-11-10-16(20(13-18)25-4)8-9-17-14-22(2,3)15-19(24)21(17)26-5/h8-11,13,23H,6-7,12,14-15H2,1-5H3/b9-8+. The molecule has 0 saturated carbocycles. The summed E-state index contributed by atoms with van der Waals surface area (Å²) in [6.45, 7) is 7.36. The Balaban J connectivity index is 2.24. The average Bonchev–Trinajstić information content (AvgIpc) is 2.59. The largest absolute Gasteiger partial charge is 0.496 e. The van der Waals surface area contributed by atoms with E-state index in [0.717, 1.165) is 48.4 Å². The van der Waals surface area contributed by atoms with E-state index in [4.69, 9.17) is 9.47 Å². The lowest BCUT2D eigenvalue weighted by Gasteiger charge is -2.30. The van der Waals surface area contributed by atoms with Crippen molar-refractivity contribution in [2.45, 2.75) is 46.5 Å². The lowest BCUT2D eigenvalue weighted by Crippen LogP contribution is -2.26. The summed E-state index contributed by atoms with van der Waals surface area (Å²) in [5, 5.41) is 3.41. The van der Waals surface area contributed by atoms with Gasteiger partial charge in [-0.25, -0.2) is 0 Å². The third kappa shape index (κ3) is 5.13. The predicted octanol–water partition coefficient (Wildman–Crippen LogP) is 5.21. The molecule has 1 aromatic rings. The topological polar surface area (TPSA) is 47.6 Å². The number of carbonyl (C=O) groups is 1. The number of allylic oxidation sites excluding steroid dienone is 3. The van der Waals surface area contributed by atoms with Gasteiger partial charge in [0.15, 0.2) is 11.5 Å². The molecule has 0 bridgehead atoms. The molecular formula is C22H31NO3. The van der Waals surface area contributed by atoms with E-state index in [0.29, 0.717) is 12.2 Å². The van der Waals surface area contributed by atoms with Crippen LogP contribution in [0, 0.1) is 5.41 Å². The molecule has 0 spiro atoms. The second-order valence-electron chi connectivity index (χ2n) is 7.57. The van der Waals surface area contributed by atoms with Crippen molar-refractivity contribution in [3.05, 3.63) is 41.2 Å². The minimum absolute atomic E-state index is 0.0457. The van der Waals surface area contributed by atoms with E-state index in [-0.39, 0.29) is 11.2 Å². The number of rotatable bonds is 8. The summed E-state index contributed by atoms with van der Waals surface area (Å²) in [4.78, 5) is 12.3. The molecule has 1 aromatic carbocycles. The third-order valence-electron chi connectivity index (χ3n) is 4.61. The van der Waals surface area contributed by atoms with Gasteiger partial charge in [-0.05, 0) is 36.0 Å². The summed E-state index contributed by atoms with van der Waals surface area (Å²) in [6, 6.07) is 6.10. The Kier molecular flexibility index (Phi) is 6.90. The van der Waals surface area contributed by atoms with E-state index in [1.54, 1.807) is 14.2 Å². The van der Waals surface area contributed by atoms with Gasteiger partial charge < -0.3 is 14.8 Å². The average molecular weight is 357 g/mol. The first-order valence-electron chi connectivity index (χ1n) is 9.30. The Morgan fingerprint density at radius 3 is 2.58 bits per heavy atom. The number of unbranched alkanes of at least 4 members (excludes halogenated alkanes) is 1. The van der Waals surface area contributed by atoms with Crippen LogP contribution in [0.15, 0.2) is 35.6 Å². The summed E-state index contributed by atoms with van der Waals surface area (Å²) in [5.74, 6) is 1.37. The number of benzene rings is 1. The van der Waals surface area contributed by atoms with Gasteiger partial charge in [0.1, 0.15) is 5.75 Å². The van der Waals surface area contributed by atoms with Crippen LogP contribution in [0.2, 0.25) is 0 Å². The van der Waals surface area contributed by atoms with Gasteiger partial charge in [-0.3, -0.25) is 4.79 Å². The van der Waals surface area contributed by atoms with Crippen LogP contribution in [0.25, 0.3) is 6.08 Å². The van der Waals surface area contributed by atoms with E-state index in [9.17, 15) is 4.79 Å². The molecule has 142 valence electrons. The van der Waals surface area contributed by atoms with Crippen molar-refractivity contribution in [2.75, 3.05) is 26.1 Å². The highest BCUT2D eigenvalue weighted by Crippen LogP contribution is 2.38. The molecule has 26 heavy (non-hydrogen) atoms. The van der Waals surface area contributed by atoms with Crippen LogP contribution in [0.5, 0.6) is 5.75 Å². The van der Waals surface area contributed by atoms with Gasteiger partial charge in [0.2, 0.25) is 0 Å². The van der Waals surface area contributed by atoms with Crippen molar-refractivity contribution in [1.82, 2.24) is 0 Å². The zero-order valence-corrected chi connectivity index (χ0v) is 16.6. The SMILES string of the molecule is CCCCNc1ccc(/C=C/C2=C(OC)C(=O)CC(C)(C)C2)c(OC)c1. The molecule has 0 radical (unpaired) electrons. The van der Waals surface area contributed by atoms with Crippen LogP contribution in [0.3, 0.4) is 0 Å². The van der Waals surface area contributed by atoms with Gasteiger partial charge in [0.25, 0.3) is 0 Å². The van der Waals surface area contributed by atoms with Gasteiger partial charge in [-0.15, -0.1) is 0 Å². The lowest BCUT2D eigenvalue weighted by molar-refractivity contribution is -0.121. The summed E-state index contributed by atoms with van der Waals surface area (Å²) in [7, 11) is 3.24. The minimum atomic E-state index is -0.0457. The van der Waals surface area contributed by atoms with E-state index < -0.39 is 0 Å². The first kappa shape index (κ1) is 20.1. The van der Waals surface area contributed by atoms with Crippen LogP contribution < -0.4 is 10.1 Å². The fourth-order valence-corrected chi connectivity index (χ4v) is 3.29. The number of ether oxygens (including phenoxy) is 2. The maximum Gasteiger partial charge on any atom is 0.198 e. The number of Topliss-reactive ketones (excluding diaryl/α,β-unsaturated/α-hetero) is 1. The summed E-state index contributed by atoms with van der Waals surface area (Å²) >= 11 is 0. The quantitative estimate of drug-likeness (QED) is 0.649. The van der Waals surface area contributed by atoms with Gasteiger partial charge in [-0.1, -0.05) is 39.3 Å². The van der Waals surface area contributed by atoms with Crippen molar-refractivity contribution in [3.63, 3.8) is 0 Å². The molecule has 1 aliphatic carbocycles. The highest BCUT2D eigenvalue weighted by atomic mass is 16.5. The fraction of sp³-hybridized carbons (Fsp3) is 0.500. The molecule has 4 nitrogen and oxygen atoms in total. The number of methoxy groups -OCH3 is 2. The smallest absolute Gasteiger partial charge is 0.198 e. The number of nitrogens with one attached hydrogen (secondary N) is 1. The first-order valence-corrected chi connectivity index (χ1v) is 9.30. The number of hydrogen-bond acceptors (Lipinski definition) is 4. The van der Waals surface area contributed by atoms with Crippen LogP contribution >= 0.6 is 0 Å². The van der Waals surface area contributed by atoms with E-state index in [1.165, 1.54) is 0 Å². The number of anilines is 1. The van der Waals surface area contributed by atoms with Crippen molar-refractivity contribution in [3.8, 4) is 5.75 Å². The normalized spacial score (nSPS) is 16.9. The summed E-state index contributed by atoms with van der Waals surface area (Å²) < 4.78 is 10.9. The molecule has 0 aromatic heterocycles. The molecule has 0 saturated heterocycles. The molecular weight excluding hydrogens is 326 g/mol. The minimum Gasteiger partial charge on any atom is -0.496 e. The van der Waals surface area contributed by atoms with Gasteiger partial charge in [0, 0.05) is 30.3 Å². The predicted molar refractivity (Wildman–Crippen MR) is 107 cm³/mol. The number of hydrogen-bond donors (Lipinski definition) is 1. The Bertz CT molecular complexity index is 701. The van der Waals surface area contributed by atoms with Crippen LogP contribution in [-0.4, -0.2) is 26.5 Å². The monoisotopic (exact) mass is 357 g/mol. The Hall–Kier alpha value is -2.23. The van der Waals surface area contributed by atoms with Gasteiger partial charge >= 0.3 is 0 Å². The van der Waals surface area contributed by atoms with Crippen LogP contribution in [0.4, 0.5) is 5.69 Å². The molecule has 2 rings (SSSR count). The summed E-state index contributed by atoms with van der Waals surface area (Å²) in [6.07, 6.45) is 7.63. The third-order valence-corrected chi connectivity index (χ3v) is 4.61. The highest BCUT2D eigenvalue weighted by molar-refractivity contribution is 5.96. The molecule has 0 atom stereocenters. The van der Waals surface area contributed by atoms with Crippen LogP contribution in [0.1, 0.15) is 52.0 Å². The van der Waals surface area contributed by atoms with E-state index >= 15 is 0 Å². The summed E-state index contributed by atoms with van der Waals surface area (Å²) in [5.41, 5.74) is 2.93. The Labute approximate surface area is 157 Å². The van der Waals surface area contributed by atoms with Crippen molar-refractivity contribution >= 4 is 17.5 Å². The second-order valence-corrected chi connectivity index (χ2v) is 7.57. The Morgan fingerprint density at radius 1 is 1.15 bits per heavy atom. The number of carbonyl (C=O) groups excluding carboxylic acids is 1. The first-order chi connectivity index (χ1) is 12.4. The number of ketones is 1. The fourth-order valence-electron chi connectivity index (χ4n) is 3.29. The molecule has 0 fully saturated rings. The van der Waals surface area contributed by atoms with Crippen molar-refractivity contribution < 1.29 is 14.3 Å². The molecule has 0 amide bonds. The van der Waals surface area contributed by atoms with Gasteiger partial charge in [0.05, 0.1) is 14.2 Å². The molecule has 0 unspecified atom stereocenters. The van der Waals surface area contributed by atoms with E-state index in [1.807, 2.05) is 24.3 Å². The molecule has 1 aliphatic rings. The molecule has 1 N–H and O–H groups in total. The van der Waals surface area contributed by atoms with Crippen molar-refractivity contribution in [2.24, 2.45) is 5.41 Å². The lowest BCUT2D eigenvalue weighted by atomic mass is 9.76. The van der Waals surface area contributed by atoms with E-state index in [2.05, 4.69) is 32.2 Å². The Morgan fingerprint density at radius 2 is 1.92 bits per heavy atom. The maximum atomic E-state index is 12.3. The van der Waals surface area contributed by atoms with Crippen LogP contribution in [-0.2, 0) is 9.53 Å². The maximum absolute atomic E-state index is 12.3. The van der Waals surface area contributed by atoms with Crippen molar-refractivity contribution in [1.29, 1.82) is 0 Å². The second kappa shape index (κ2) is 8.93. The zero-order chi connectivity index (χ0) is 19.2. The van der Waals surface area contributed by atoms with Gasteiger partial charge in [-0.2, -0.15) is 0 Å². The zero-order valence-electron chi connectivity index (χ0n) is 16.6. The molecule has 0 heterocycles.